The first-order valence-corrected chi connectivity index (χ1v) is 2.97. The molecule has 0 aromatic rings. The summed E-state index contributed by atoms with van der Waals surface area (Å²) >= 11 is 0. The molecule has 0 heterocycles. The Labute approximate surface area is 56.9 Å². The quantitative estimate of drug-likeness (QED) is 0.577. The zero-order chi connectivity index (χ0) is 7.49. The van der Waals surface area contributed by atoms with Gasteiger partial charge in [0.05, 0.1) is 12.6 Å². The summed E-state index contributed by atoms with van der Waals surface area (Å²) in [7, 11) is 3.51. The molecule has 0 aromatic carbocycles. The van der Waals surface area contributed by atoms with E-state index in [2.05, 4.69) is 11.9 Å². The first-order chi connectivity index (χ1) is 4.04. The topological polar surface area (TPSA) is 21.3 Å². The fraction of sp³-hybridized carbons (Fsp3) is 0.714. The van der Waals surface area contributed by atoms with Gasteiger partial charge in [-0.05, 0) is 20.9 Å². The van der Waals surface area contributed by atoms with Crippen LogP contribution in [0.15, 0.2) is 12.3 Å². The minimum atomic E-state index is -0.116. The number of nitrogens with one attached hydrogen (secondary N) is 1. The van der Waals surface area contributed by atoms with Crippen molar-refractivity contribution in [3.05, 3.63) is 12.3 Å². The number of ether oxygens (including phenoxy) is 1. The van der Waals surface area contributed by atoms with Crippen molar-refractivity contribution in [3.63, 3.8) is 0 Å². The van der Waals surface area contributed by atoms with Gasteiger partial charge in [-0.25, -0.2) is 0 Å². The molecule has 2 nitrogen and oxygen atoms in total. The van der Waals surface area contributed by atoms with Gasteiger partial charge in [-0.3, -0.25) is 0 Å². The van der Waals surface area contributed by atoms with Gasteiger partial charge >= 0.3 is 0 Å². The van der Waals surface area contributed by atoms with Crippen LogP contribution in [-0.2, 0) is 4.74 Å². The third kappa shape index (κ3) is 2.06. The average molecular weight is 129 g/mol. The second-order valence-corrected chi connectivity index (χ2v) is 2.50. The van der Waals surface area contributed by atoms with Crippen molar-refractivity contribution >= 4 is 0 Å². The molecular weight excluding hydrogens is 114 g/mol. The van der Waals surface area contributed by atoms with E-state index in [-0.39, 0.29) is 5.54 Å². The zero-order valence-corrected chi connectivity index (χ0v) is 6.62. The Morgan fingerprint density at radius 1 is 1.56 bits per heavy atom. The first kappa shape index (κ1) is 8.50. The molecule has 0 rings (SSSR count). The van der Waals surface area contributed by atoms with Gasteiger partial charge in [0.2, 0.25) is 0 Å². The third-order valence-corrected chi connectivity index (χ3v) is 1.57. The molecular formula is C7H15NO. The standard InChI is InChI=1S/C7H15NO/c1-6(9-5)7(2,3)8-4/h8H,1H2,2-5H3. The summed E-state index contributed by atoms with van der Waals surface area (Å²) in [6, 6.07) is 0. The fourth-order valence-corrected chi connectivity index (χ4v) is 0.395. The van der Waals surface area contributed by atoms with Crippen LogP contribution in [0, 0.1) is 0 Å². The molecule has 0 aliphatic rings. The van der Waals surface area contributed by atoms with E-state index < -0.39 is 0 Å². The van der Waals surface area contributed by atoms with Crippen molar-refractivity contribution in [1.82, 2.24) is 5.32 Å². The summed E-state index contributed by atoms with van der Waals surface area (Å²) in [6.45, 7) is 7.76. The summed E-state index contributed by atoms with van der Waals surface area (Å²) in [6.07, 6.45) is 0. The Morgan fingerprint density at radius 3 is 2.11 bits per heavy atom. The van der Waals surface area contributed by atoms with E-state index in [0.717, 1.165) is 5.76 Å². The maximum atomic E-state index is 4.95. The lowest BCUT2D eigenvalue weighted by molar-refractivity contribution is 0.222. The van der Waals surface area contributed by atoms with Gasteiger partial charge in [-0.15, -0.1) is 0 Å². The van der Waals surface area contributed by atoms with Crippen molar-refractivity contribution in [1.29, 1.82) is 0 Å². The molecule has 0 atom stereocenters. The molecule has 54 valence electrons. The first-order valence-electron chi connectivity index (χ1n) is 2.97. The smallest absolute Gasteiger partial charge is 0.108 e. The molecule has 2 heteroatoms. The highest BCUT2D eigenvalue weighted by Crippen LogP contribution is 2.12. The van der Waals surface area contributed by atoms with Gasteiger partial charge in [-0.1, -0.05) is 6.58 Å². The number of hydrogen-bond acceptors (Lipinski definition) is 2. The fourth-order valence-electron chi connectivity index (χ4n) is 0.395. The van der Waals surface area contributed by atoms with Gasteiger partial charge in [0.1, 0.15) is 5.76 Å². The molecule has 0 bridgehead atoms. The number of methoxy groups -OCH3 is 1. The van der Waals surface area contributed by atoms with Crippen LogP contribution in [0.25, 0.3) is 0 Å². The minimum absolute atomic E-state index is 0.116. The zero-order valence-electron chi connectivity index (χ0n) is 6.62. The van der Waals surface area contributed by atoms with E-state index in [4.69, 9.17) is 4.74 Å². The highest BCUT2D eigenvalue weighted by atomic mass is 16.5. The lowest BCUT2D eigenvalue weighted by Gasteiger charge is -2.24. The Bertz CT molecular complexity index is 107. The minimum Gasteiger partial charge on any atom is -0.500 e. The van der Waals surface area contributed by atoms with Crippen molar-refractivity contribution < 1.29 is 4.74 Å². The van der Waals surface area contributed by atoms with Crippen LogP contribution in [-0.4, -0.2) is 19.7 Å². The van der Waals surface area contributed by atoms with Crippen LogP contribution < -0.4 is 5.32 Å². The van der Waals surface area contributed by atoms with Gasteiger partial charge < -0.3 is 10.1 Å². The summed E-state index contributed by atoms with van der Waals surface area (Å²) in [4.78, 5) is 0. The molecule has 0 spiro atoms. The molecule has 0 aromatic heterocycles. The molecule has 9 heavy (non-hydrogen) atoms. The van der Waals surface area contributed by atoms with Crippen LogP contribution >= 0.6 is 0 Å². The second kappa shape index (κ2) is 2.87. The Balaban J connectivity index is 3.97. The molecule has 0 saturated heterocycles. The largest absolute Gasteiger partial charge is 0.500 e. The molecule has 1 N–H and O–H groups in total. The molecule has 0 aliphatic heterocycles. The van der Waals surface area contributed by atoms with E-state index in [9.17, 15) is 0 Å². The third-order valence-electron chi connectivity index (χ3n) is 1.57. The molecule has 0 fully saturated rings. The Kier molecular flexibility index (Phi) is 2.71. The molecule has 0 aliphatic carbocycles. The van der Waals surface area contributed by atoms with Crippen LogP contribution in [0.3, 0.4) is 0 Å². The molecule has 0 amide bonds. The van der Waals surface area contributed by atoms with E-state index >= 15 is 0 Å². The summed E-state index contributed by atoms with van der Waals surface area (Å²) in [5.41, 5.74) is -0.116. The molecule has 0 saturated carbocycles. The SMILES string of the molecule is C=C(OC)C(C)(C)NC. The van der Waals surface area contributed by atoms with Gasteiger partial charge in [0.25, 0.3) is 0 Å². The summed E-state index contributed by atoms with van der Waals surface area (Å²) in [5, 5.41) is 3.07. The summed E-state index contributed by atoms with van der Waals surface area (Å²) < 4.78 is 4.95. The average Bonchev–Trinajstić information content (AvgIpc) is 1.86. The Morgan fingerprint density at radius 2 is 2.00 bits per heavy atom. The van der Waals surface area contributed by atoms with Crippen molar-refractivity contribution in [3.8, 4) is 0 Å². The molecule has 0 radical (unpaired) electrons. The van der Waals surface area contributed by atoms with Crippen molar-refractivity contribution in [2.24, 2.45) is 0 Å². The van der Waals surface area contributed by atoms with Gasteiger partial charge in [0, 0.05) is 0 Å². The maximum absolute atomic E-state index is 4.95. The van der Waals surface area contributed by atoms with Crippen LogP contribution in [0.1, 0.15) is 13.8 Å². The number of hydrogen-bond donors (Lipinski definition) is 1. The van der Waals surface area contributed by atoms with Crippen molar-refractivity contribution in [2.45, 2.75) is 19.4 Å². The van der Waals surface area contributed by atoms with Crippen LogP contribution in [0.5, 0.6) is 0 Å². The van der Waals surface area contributed by atoms with E-state index in [0.29, 0.717) is 0 Å². The lowest BCUT2D eigenvalue weighted by atomic mass is 10.0. The van der Waals surface area contributed by atoms with E-state index in [1.54, 1.807) is 7.11 Å². The predicted octanol–water partition coefficient (Wildman–Crippen LogP) is 1.14. The van der Waals surface area contributed by atoms with Crippen molar-refractivity contribution in [2.75, 3.05) is 14.2 Å². The lowest BCUT2D eigenvalue weighted by Crippen LogP contribution is -2.38. The highest BCUT2D eigenvalue weighted by Gasteiger charge is 2.18. The van der Waals surface area contributed by atoms with Crippen LogP contribution in [0.4, 0.5) is 0 Å². The highest BCUT2D eigenvalue weighted by molar-refractivity contribution is 5.04. The molecule has 0 unspecified atom stereocenters. The Hall–Kier alpha value is -0.500. The normalized spacial score (nSPS) is 11.1. The predicted molar refractivity (Wildman–Crippen MR) is 39.3 cm³/mol. The number of likely N-dealkylation sites (N-methyl/N-ethyl adjacent to an activating group) is 1. The maximum Gasteiger partial charge on any atom is 0.108 e. The van der Waals surface area contributed by atoms with Gasteiger partial charge in [0.15, 0.2) is 0 Å². The second-order valence-electron chi connectivity index (χ2n) is 2.50. The van der Waals surface area contributed by atoms with Crippen LogP contribution in [0.2, 0.25) is 0 Å². The summed E-state index contributed by atoms with van der Waals surface area (Å²) in [5.74, 6) is 0.755. The monoisotopic (exact) mass is 129 g/mol. The van der Waals surface area contributed by atoms with E-state index in [1.807, 2.05) is 20.9 Å². The van der Waals surface area contributed by atoms with E-state index in [1.165, 1.54) is 0 Å². The number of rotatable bonds is 3. The van der Waals surface area contributed by atoms with Gasteiger partial charge in [-0.2, -0.15) is 0 Å².